The van der Waals surface area contributed by atoms with E-state index in [-0.39, 0.29) is 18.6 Å². The van der Waals surface area contributed by atoms with E-state index in [0.717, 1.165) is 38.8 Å². The van der Waals surface area contributed by atoms with E-state index < -0.39 is 0 Å². The van der Waals surface area contributed by atoms with Crippen LogP contribution in [0.2, 0.25) is 0 Å². The maximum absolute atomic E-state index is 11.9. The molecule has 7 heteroatoms. The molecule has 1 unspecified atom stereocenters. The van der Waals surface area contributed by atoms with Gasteiger partial charge in [0.15, 0.2) is 5.96 Å². The predicted octanol–water partition coefficient (Wildman–Crippen LogP) is 2.08. The number of carbonyl (C=O) groups is 1. The number of aliphatic imine (C=N–C) groups is 1. The Balaban J connectivity index is 1.59. The number of benzene rings is 1. The molecule has 1 atom stereocenters. The van der Waals surface area contributed by atoms with E-state index in [1.807, 2.05) is 0 Å². The molecule has 29 heavy (non-hydrogen) atoms. The zero-order valence-electron chi connectivity index (χ0n) is 17.8. The second kappa shape index (κ2) is 10.3. The number of likely N-dealkylation sites (N-methyl/N-ethyl adjacent to an activating group) is 1. The summed E-state index contributed by atoms with van der Waals surface area (Å²) in [6.45, 7) is 4.56. The normalized spacial score (nSPS) is 16.9. The fourth-order valence-corrected chi connectivity index (χ4v) is 3.57. The standard InChI is InChI=1S/C22H33N5O2/c1-4-16-7-5-9-19-17(13-24-21(16)19)10-11-23-22(26-15-20(28)27(2)3)25-14-18-8-6-12-29-18/h5,7,9,13,18,24H,4,6,8,10-12,14-15H2,1-3H3,(H2,23,25,26). The second-order valence-electron chi connectivity index (χ2n) is 7.65. The summed E-state index contributed by atoms with van der Waals surface area (Å²) >= 11 is 0. The van der Waals surface area contributed by atoms with Crippen LogP contribution in [0.25, 0.3) is 10.9 Å². The van der Waals surface area contributed by atoms with E-state index >= 15 is 0 Å². The second-order valence-corrected chi connectivity index (χ2v) is 7.65. The molecule has 1 aromatic carbocycles. The quantitative estimate of drug-likeness (QED) is 0.469. The lowest BCUT2D eigenvalue weighted by molar-refractivity contribution is -0.127. The van der Waals surface area contributed by atoms with E-state index in [9.17, 15) is 4.79 Å². The topological polar surface area (TPSA) is 81.8 Å². The summed E-state index contributed by atoms with van der Waals surface area (Å²) in [5.74, 6) is 0.636. The summed E-state index contributed by atoms with van der Waals surface area (Å²) < 4.78 is 5.68. The van der Waals surface area contributed by atoms with Gasteiger partial charge in [-0.2, -0.15) is 0 Å². The summed E-state index contributed by atoms with van der Waals surface area (Å²) in [5, 5.41) is 7.97. The Morgan fingerprint density at radius 3 is 2.90 bits per heavy atom. The highest BCUT2D eigenvalue weighted by molar-refractivity contribution is 5.86. The first-order valence-corrected chi connectivity index (χ1v) is 10.5. The molecule has 0 aliphatic carbocycles. The van der Waals surface area contributed by atoms with Gasteiger partial charge in [0.25, 0.3) is 0 Å². The maximum Gasteiger partial charge on any atom is 0.243 e. The highest BCUT2D eigenvalue weighted by Crippen LogP contribution is 2.22. The smallest absolute Gasteiger partial charge is 0.243 e. The van der Waals surface area contributed by atoms with Crippen molar-refractivity contribution in [2.45, 2.75) is 38.7 Å². The number of guanidine groups is 1. The number of aromatic nitrogens is 1. The minimum atomic E-state index is -0.0214. The number of ether oxygens (including phenoxy) is 1. The Kier molecular flexibility index (Phi) is 7.52. The molecule has 158 valence electrons. The number of para-hydroxylation sites is 1. The van der Waals surface area contributed by atoms with Crippen LogP contribution in [-0.2, 0) is 22.4 Å². The van der Waals surface area contributed by atoms with E-state index in [4.69, 9.17) is 4.74 Å². The van der Waals surface area contributed by atoms with Gasteiger partial charge in [-0.25, -0.2) is 4.99 Å². The SMILES string of the molecule is CCc1cccc2c(CCNC(=NCC(=O)N(C)C)NCC3CCCO3)c[nH]c12. The van der Waals surface area contributed by atoms with E-state index in [1.54, 1.807) is 19.0 Å². The number of rotatable bonds is 8. The zero-order chi connectivity index (χ0) is 20.6. The first-order valence-electron chi connectivity index (χ1n) is 10.5. The molecule has 1 aliphatic heterocycles. The lowest BCUT2D eigenvalue weighted by atomic mass is 10.1. The van der Waals surface area contributed by atoms with Gasteiger partial charge in [0, 0.05) is 50.9 Å². The first kappa shape index (κ1) is 21.2. The summed E-state index contributed by atoms with van der Waals surface area (Å²) in [6.07, 6.45) is 6.36. The molecule has 1 aliphatic rings. The van der Waals surface area contributed by atoms with E-state index in [2.05, 4.69) is 51.9 Å². The van der Waals surface area contributed by atoms with Gasteiger partial charge in [0.05, 0.1) is 6.10 Å². The van der Waals surface area contributed by atoms with Crippen molar-refractivity contribution in [3.63, 3.8) is 0 Å². The van der Waals surface area contributed by atoms with Gasteiger partial charge < -0.3 is 25.3 Å². The molecule has 2 heterocycles. The molecule has 2 aromatic rings. The summed E-state index contributed by atoms with van der Waals surface area (Å²) in [6, 6.07) is 6.46. The third-order valence-corrected chi connectivity index (χ3v) is 5.35. The molecular weight excluding hydrogens is 366 g/mol. The van der Waals surface area contributed by atoms with E-state index in [0.29, 0.717) is 12.5 Å². The Bertz CT molecular complexity index is 837. The van der Waals surface area contributed by atoms with Crippen LogP contribution in [0.4, 0.5) is 0 Å². The minimum absolute atomic E-state index is 0.0214. The molecule has 1 amide bonds. The molecule has 1 fully saturated rings. The van der Waals surface area contributed by atoms with Gasteiger partial charge in [-0.05, 0) is 36.8 Å². The largest absolute Gasteiger partial charge is 0.376 e. The highest BCUT2D eigenvalue weighted by Gasteiger charge is 2.16. The average Bonchev–Trinajstić information content (AvgIpc) is 3.39. The average molecular weight is 400 g/mol. The number of aryl methyl sites for hydroxylation is 1. The fourth-order valence-electron chi connectivity index (χ4n) is 3.57. The van der Waals surface area contributed by atoms with Gasteiger partial charge in [-0.1, -0.05) is 25.1 Å². The summed E-state index contributed by atoms with van der Waals surface area (Å²) in [5.41, 5.74) is 3.85. The molecule has 3 rings (SSSR count). The number of hydrogen-bond acceptors (Lipinski definition) is 3. The first-order chi connectivity index (χ1) is 14.1. The monoisotopic (exact) mass is 399 g/mol. The number of H-pyrrole nitrogens is 1. The Morgan fingerprint density at radius 1 is 1.31 bits per heavy atom. The molecule has 0 spiro atoms. The molecule has 0 radical (unpaired) electrons. The molecule has 1 saturated heterocycles. The zero-order valence-corrected chi connectivity index (χ0v) is 17.8. The summed E-state index contributed by atoms with van der Waals surface area (Å²) in [4.78, 5) is 21.3. The van der Waals surface area contributed by atoms with Gasteiger partial charge in [-0.15, -0.1) is 0 Å². The molecule has 3 N–H and O–H groups in total. The van der Waals surface area contributed by atoms with Crippen LogP contribution >= 0.6 is 0 Å². The molecule has 7 nitrogen and oxygen atoms in total. The maximum atomic E-state index is 11.9. The number of carbonyl (C=O) groups excluding carboxylic acids is 1. The van der Waals surface area contributed by atoms with Crippen LogP contribution in [-0.4, -0.2) is 68.2 Å². The Morgan fingerprint density at radius 2 is 2.17 bits per heavy atom. The van der Waals surface area contributed by atoms with Gasteiger partial charge in [-0.3, -0.25) is 4.79 Å². The number of fused-ring (bicyclic) bond motifs is 1. The number of hydrogen-bond donors (Lipinski definition) is 3. The number of aromatic amines is 1. The van der Waals surface area contributed by atoms with Crippen molar-refractivity contribution < 1.29 is 9.53 Å². The lowest BCUT2D eigenvalue weighted by Gasteiger charge is -2.16. The molecule has 1 aromatic heterocycles. The van der Waals surface area contributed by atoms with Gasteiger partial charge in [0.2, 0.25) is 5.91 Å². The van der Waals surface area contributed by atoms with Crippen LogP contribution in [0.15, 0.2) is 29.4 Å². The van der Waals surface area contributed by atoms with Crippen molar-refractivity contribution in [3.8, 4) is 0 Å². The van der Waals surface area contributed by atoms with E-state index in [1.165, 1.54) is 22.0 Å². The molecule has 0 saturated carbocycles. The van der Waals surface area contributed by atoms with Crippen molar-refractivity contribution in [1.82, 2.24) is 20.5 Å². The van der Waals surface area contributed by atoms with Crippen LogP contribution in [0.3, 0.4) is 0 Å². The Hall–Kier alpha value is -2.54. The fraction of sp³-hybridized carbons (Fsp3) is 0.545. The number of amides is 1. The van der Waals surface area contributed by atoms with Crippen LogP contribution < -0.4 is 10.6 Å². The third kappa shape index (κ3) is 5.73. The number of nitrogens with zero attached hydrogens (tertiary/aromatic N) is 2. The third-order valence-electron chi connectivity index (χ3n) is 5.35. The summed E-state index contributed by atoms with van der Waals surface area (Å²) in [7, 11) is 3.48. The van der Waals surface area contributed by atoms with Crippen LogP contribution in [0.1, 0.15) is 30.9 Å². The van der Waals surface area contributed by atoms with Gasteiger partial charge in [0.1, 0.15) is 6.54 Å². The van der Waals surface area contributed by atoms with Crippen molar-refractivity contribution in [2.75, 3.05) is 40.3 Å². The lowest BCUT2D eigenvalue weighted by Crippen LogP contribution is -2.42. The van der Waals surface area contributed by atoms with Crippen molar-refractivity contribution in [3.05, 3.63) is 35.5 Å². The van der Waals surface area contributed by atoms with Crippen molar-refractivity contribution in [1.29, 1.82) is 0 Å². The minimum Gasteiger partial charge on any atom is -0.376 e. The van der Waals surface area contributed by atoms with Crippen LogP contribution in [0, 0.1) is 0 Å². The Labute approximate surface area is 172 Å². The van der Waals surface area contributed by atoms with Crippen molar-refractivity contribution in [2.24, 2.45) is 4.99 Å². The van der Waals surface area contributed by atoms with Crippen molar-refractivity contribution >= 4 is 22.8 Å². The number of nitrogens with one attached hydrogen (secondary N) is 3. The highest BCUT2D eigenvalue weighted by atomic mass is 16.5. The van der Waals surface area contributed by atoms with Crippen LogP contribution in [0.5, 0.6) is 0 Å². The van der Waals surface area contributed by atoms with Gasteiger partial charge >= 0.3 is 0 Å². The predicted molar refractivity (Wildman–Crippen MR) is 117 cm³/mol. The molecular formula is C22H33N5O2. The molecule has 0 bridgehead atoms.